The predicted molar refractivity (Wildman–Crippen MR) is 111 cm³/mol. The van der Waals surface area contributed by atoms with Crippen molar-refractivity contribution in [1.29, 1.82) is 0 Å². The van der Waals surface area contributed by atoms with Crippen molar-refractivity contribution in [3.63, 3.8) is 0 Å². The second-order valence-electron chi connectivity index (χ2n) is 6.36. The van der Waals surface area contributed by atoms with Crippen LogP contribution in [0.4, 0.5) is 17.1 Å². The minimum atomic E-state index is -0.220. The number of benzene rings is 2. The average Bonchev–Trinajstić information content (AvgIpc) is 2.71. The molecule has 2 N–H and O–H groups in total. The minimum absolute atomic E-state index is 0.220. The third-order valence-corrected chi connectivity index (χ3v) is 4.54. The van der Waals surface area contributed by atoms with E-state index in [1.807, 2.05) is 50.2 Å². The number of hydrogen-bond donors (Lipinski definition) is 2. The highest BCUT2D eigenvalue weighted by atomic mass is 16.5. The number of aryl methyl sites for hydroxylation is 1. The van der Waals surface area contributed by atoms with Crippen LogP contribution in [0.5, 0.6) is 11.5 Å². The molecule has 0 fully saturated rings. The molecule has 0 aliphatic rings. The van der Waals surface area contributed by atoms with E-state index in [0.29, 0.717) is 22.7 Å². The highest BCUT2D eigenvalue weighted by Gasteiger charge is 2.11. The molecule has 1 amide bonds. The molecule has 0 spiro atoms. The van der Waals surface area contributed by atoms with Gasteiger partial charge < -0.3 is 20.1 Å². The SMILES string of the molecule is COc1ccc(OC)c(Nc2cncc(C(=O)Nc3cccc(C)c3C)c2)c1. The minimum Gasteiger partial charge on any atom is -0.497 e. The van der Waals surface area contributed by atoms with E-state index in [2.05, 4.69) is 15.6 Å². The topological polar surface area (TPSA) is 72.5 Å². The molecule has 0 unspecified atom stereocenters. The molecule has 6 heteroatoms. The molecule has 6 nitrogen and oxygen atoms in total. The summed E-state index contributed by atoms with van der Waals surface area (Å²) < 4.78 is 10.6. The van der Waals surface area contributed by atoms with Gasteiger partial charge in [-0.1, -0.05) is 12.1 Å². The van der Waals surface area contributed by atoms with Crippen LogP contribution in [-0.4, -0.2) is 25.1 Å². The molecule has 0 saturated carbocycles. The fourth-order valence-corrected chi connectivity index (χ4v) is 2.78. The van der Waals surface area contributed by atoms with Crippen LogP contribution in [0.1, 0.15) is 21.5 Å². The van der Waals surface area contributed by atoms with Crippen molar-refractivity contribution >= 4 is 23.0 Å². The van der Waals surface area contributed by atoms with Gasteiger partial charge in [0.2, 0.25) is 0 Å². The molecule has 0 saturated heterocycles. The molecule has 0 radical (unpaired) electrons. The summed E-state index contributed by atoms with van der Waals surface area (Å²) in [5, 5.41) is 6.18. The summed E-state index contributed by atoms with van der Waals surface area (Å²) in [6.07, 6.45) is 3.18. The molecule has 1 aromatic heterocycles. The summed E-state index contributed by atoms with van der Waals surface area (Å²) >= 11 is 0. The lowest BCUT2D eigenvalue weighted by Crippen LogP contribution is -2.13. The summed E-state index contributed by atoms with van der Waals surface area (Å²) in [4.78, 5) is 16.9. The fourth-order valence-electron chi connectivity index (χ4n) is 2.78. The molecule has 2 aromatic carbocycles. The summed E-state index contributed by atoms with van der Waals surface area (Å²) in [5.41, 5.74) is 4.79. The van der Waals surface area contributed by atoms with Crippen molar-refractivity contribution in [3.05, 3.63) is 71.5 Å². The van der Waals surface area contributed by atoms with E-state index in [9.17, 15) is 4.79 Å². The third kappa shape index (κ3) is 4.23. The van der Waals surface area contributed by atoms with Crippen molar-refractivity contribution in [1.82, 2.24) is 4.98 Å². The van der Waals surface area contributed by atoms with E-state index < -0.39 is 0 Å². The van der Waals surface area contributed by atoms with E-state index in [1.165, 1.54) is 6.20 Å². The number of rotatable bonds is 6. The van der Waals surface area contributed by atoms with Gasteiger partial charge in [0.25, 0.3) is 5.91 Å². The summed E-state index contributed by atoms with van der Waals surface area (Å²) in [7, 11) is 3.20. The maximum absolute atomic E-state index is 12.7. The molecule has 0 aliphatic carbocycles. The van der Waals surface area contributed by atoms with Crippen molar-refractivity contribution in [3.8, 4) is 11.5 Å². The Morgan fingerprint density at radius 1 is 0.964 bits per heavy atom. The van der Waals surface area contributed by atoms with E-state index in [0.717, 1.165) is 22.5 Å². The first-order chi connectivity index (χ1) is 13.5. The molecular formula is C22H23N3O3. The van der Waals surface area contributed by atoms with Crippen LogP contribution in [0.15, 0.2) is 54.9 Å². The first kappa shape index (κ1) is 19.2. The zero-order valence-corrected chi connectivity index (χ0v) is 16.4. The van der Waals surface area contributed by atoms with Crippen molar-refractivity contribution in [2.24, 2.45) is 0 Å². The lowest BCUT2D eigenvalue weighted by Gasteiger charge is -2.14. The fraction of sp³-hybridized carbons (Fsp3) is 0.182. The Morgan fingerprint density at radius 2 is 1.79 bits per heavy atom. The lowest BCUT2D eigenvalue weighted by molar-refractivity contribution is 0.102. The van der Waals surface area contributed by atoms with Crippen molar-refractivity contribution in [2.45, 2.75) is 13.8 Å². The Kier molecular flexibility index (Phi) is 5.79. The number of nitrogens with zero attached hydrogens (tertiary/aromatic N) is 1. The van der Waals surface area contributed by atoms with E-state index >= 15 is 0 Å². The standard InChI is InChI=1S/C22H23N3O3/c1-14-6-5-7-19(15(14)2)25-22(26)16-10-17(13-23-12-16)24-20-11-18(27-3)8-9-21(20)28-4/h5-13,24H,1-4H3,(H,25,26). The van der Waals surface area contributed by atoms with E-state index in [1.54, 1.807) is 26.5 Å². The van der Waals surface area contributed by atoms with Gasteiger partial charge >= 0.3 is 0 Å². The molecule has 1 heterocycles. The van der Waals surface area contributed by atoms with Crippen LogP contribution >= 0.6 is 0 Å². The van der Waals surface area contributed by atoms with Gasteiger partial charge in [-0.05, 0) is 49.2 Å². The number of aromatic nitrogens is 1. The number of nitrogens with one attached hydrogen (secondary N) is 2. The molecule has 0 aliphatic heterocycles. The predicted octanol–water partition coefficient (Wildman–Crippen LogP) is 4.71. The van der Waals surface area contributed by atoms with Crippen LogP contribution < -0.4 is 20.1 Å². The second kappa shape index (κ2) is 8.43. The largest absolute Gasteiger partial charge is 0.497 e. The Labute approximate surface area is 164 Å². The van der Waals surface area contributed by atoms with E-state index in [4.69, 9.17) is 9.47 Å². The number of anilines is 3. The zero-order valence-electron chi connectivity index (χ0n) is 16.4. The zero-order chi connectivity index (χ0) is 20.1. The molecular weight excluding hydrogens is 354 g/mol. The summed E-state index contributed by atoms with van der Waals surface area (Å²) in [5.74, 6) is 1.13. The van der Waals surface area contributed by atoms with Crippen LogP contribution in [0.3, 0.4) is 0 Å². The number of pyridine rings is 1. The first-order valence-corrected chi connectivity index (χ1v) is 8.83. The van der Waals surface area contributed by atoms with Crippen molar-refractivity contribution < 1.29 is 14.3 Å². The van der Waals surface area contributed by atoms with Gasteiger partial charge in [0.1, 0.15) is 11.5 Å². The maximum atomic E-state index is 12.7. The highest BCUT2D eigenvalue weighted by molar-refractivity contribution is 6.05. The maximum Gasteiger partial charge on any atom is 0.257 e. The average molecular weight is 377 g/mol. The number of ether oxygens (including phenoxy) is 2. The van der Waals surface area contributed by atoms with E-state index in [-0.39, 0.29) is 5.91 Å². The smallest absolute Gasteiger partial charge is 0.257 e. The molecule has 0 atom stereocenters. The van der Waals surface area contributed by atoms with Gasteiger partial charge in [0, 0.05) is 18.0 Å². The number of carbonyl (C=O) groups is 1. The van der Waals surface area contributed by atoms with Gasteiger partial charge in [-0.2, -0.15) is 0 Å². The monoisotopic (exact) mass is 377 g/mol. The van der Waals surface area contributed by atoms with Crippen LogP contribution in [0.25, 0.3) is 0 Å². The second-order valence-corrected chi connectivity index (χ2v) is 6.36. The summed E-state index contributed by atoms with van der Waals surface area (Å²) in [6, 6.07) is 13.0. The quantitative estimate of drug-likeness (QED) is 0.651. The van der Waals surface area contributed by atoms with Crippen LogP contribution in [0.2, 0.25) is 0 Å². The van der Waals surface area contributed by atoms with Crippen LogP contribution in [0, 0.1) is 13.8 Å². The van der Waals surface area contributed by atoms with Gasteiger partial charge in [-0.25, -0.2) is 0 Å². The first-order valence-electron chi connectivity index (χ1n) is 8.83. The molecule has 3 rings (SSSR count). The Morgan fingerprint density at radius 3 is 2.54 bits per heavy atom. The molecule has 3 aromatic rings. The number of carbonyl (C=O) groups excluding carboxylic acids is 1. The lowest BCUT2D eigenvalue weighted by atomic mass is 10.1. The number of methoxy groups -OCH3 is 2. The van der Waals surface area contributed by atoms with Gasteiger partial charge in [0.15, 0.2) is 0 Å². The molecule has 144 valence electrons. The Balaban J connectivity index is 1.82. The number of hydrogen-bond acceptors (Lipinski definition) is 5. The van der Waals surface area contributed by atoms with Gasteiger partial charge in [-0.3, -0.25) is 9.78 Å². The molecule has 0 bridgehead atoms. The Hall–Kier alpha value is -3.54. The third-order valence-electron chi connectivity index (χ3n) is 4.54. The summed E-state index contributed by atoms with van der Waals surface area (Å²) in [6.45, 7) is 3.99. The number of amides is 1. The molecule has 28 heavy (non-hydrogen) atoms. The Bertz CT molecular complexity index is 1000. The van der Waals surface area contributed by atoms with Crippen molar-refractivity contribution in [2.75, 3.05) is 24.9 Å². The van der Waals surface area contributed by atoms with Crippen LogP contribution in [-0.2, 0) is 0 Å². The normalized spacial score (nSPS) is 10.3. The van der Waals surface area contributed by atoms with Gasteiger partial charge in [-0.15, -0.1) is 0 Å². The van der Waals surface area contributed by atoms with Gasteiger partial charge in [0.05, 0.1) is 37.4 Å². The highest BCUT2D eigenvalue weighted by Crippen LogP contribution is 2.31.